The van der Waals surface area contributed by atoms with E-state index in [-0.39, 0.29) is 0 Å². The fourth-order valence-electron chi connectivity index (χ4n) is 1.34. The van der Waals surface area contributed by atoms with E-state index in [4.69, 9.17) is 4.52 Å². The number of hydrogen-bond donors (Lipinski definition) is 1. The molecule has 0 spiro atoms. The highest BCUT2D eigenvalue weighted by molar-refractivity contribution is 5.93. The zero-order chi connectivity index (χ0) is 7.97. The summed E-state index contributed by atoms with van der Waals surface area (Å²) in [5.41, 5.74) is 0.924. The molecule has 3 rings (SSSR count). The minimum absolute atomic E-state index is 0.635. The van der Waals surface area contributed by atoms with E-state index in [0.717, 1.165) is 16.7 Å². The molecule has 12 heavy (non-hydrogen) atoms. The summed E-state index contributed by atoms with van der Waals surface area (Å²) < 4.78 is 5.07. The highest BCUT2D eigenvalue weighted by atomic mass is 16.5. The van der Waals surface area contributed by atoms with Crippen LogP contribution in [0.2, 0.25) is 0 Å². The Balaban J connectivity index is 2.59. The lowest BCUT2D eigenvalue weighted by Gasteiger charge is -1.83. The van der Waals surface area contributed by atoms with Gasteiger partial charge in [-0.05, 0) is 12.1 Å². The van der Waals surface area contributed by atoms with E-state index < -0.39 is 0 Å². The summed E-state index contributed by atoms with van der Waals surface area (Å²) in [5, 5.41) is 7.28. The van der Waals surface area contributed by atoms with Gasteiger partial charge < -0.3 is 4.52 Å². The number of fused-ring (bicyclic) bond motifs is 3. The molecule has 4 nitrogen and oxygen atoms in total. The van der Waals surface area contributed by atoms with E-state index >= 15 is 0 Å². The molecule has 2 aliphatic rings. The molecular weight excluding hydrogens is 154 g/mol. The molecule has 0 bridgehead atoms. The van der Waals surface area contributed by atoms with Gasteiger partial charge in [-0.1, -0.05) is 12.1 Å². The van der Waals surface area contributed by atoms with Crippen molar-refractivity contribution in [3.63, 3.8) is 0 Å². The van der Waals surface area contributed by atoms with Crippen LogP contribution < -0.4 is 0 Å². The zero-order valence-corrected chi connectivity index (χ0v) is 6.11. The molecule has 4 heteroatoms. The molecule has 0 fully saturated rings. The second-order valence-corrected chi connectivity index (χ2v) is 2.59. The number of nitrogens with zero attached hydrogens (tertiary/aromatic N) is 2. The van der Waals surface area contributed by atoms with Crippen LogP contribution in [0.25, 0.3) is 22.5 Å². The van der Waals surface area contributed by atoms with Gasteiger partial charge in [0, 0.05) is 5.39 Å². The highest BCUT2D eigenvalue weighted by Gasteiger charge is 2.15. The van der Waals surface area contributed by atoms with Crippen LogP contribution in [0.4, 0.5) is 0 Å². The summed E-state index contributed by atoms with van der Waals surface area (Å²) >= 11 is 0. The second kappa shape index (κ2) is 1.85. The summed E-state index contributed by atoms with van der Waals surface area (Å²) in [6.07, 6.45) is 0. The smallest absolute Gasteiger partial charge is 0.222 e. The van der Waals surface area contributed by atoms with Crippen LogP contribution in [0.5, 0.6) is 0 Å². The molecule has 58 valence electrons. The highest BCUT2D eigenvalue weighted by Crippen LogP contribution is 2.27. The molecule has 2 aliphatic heterocycles. The lowest BCUT2D eigenvalue weighted by atomic mass is 10.2. The van der Waals surface area contributed by atoms with Gasteiger partial charge in [-0.2, -0.15) is 0 Å². The normalized spacial score (nSPS) is 11.3. The molecule has 1 aromatic rings. The van der Waals surface area contributed by atoms with Crippen molar-refractivity contribution in [3.8, 4) is 11.6 Å². The van der Waals surface area contributed by atoms with Crippen LogP contribution in [-0.4, -0.2) is 15.4 Å². The molecule has 0 aromatic heterocycles. The van der Waals surface area contributed by atoms with Crippen molar-refractivity contribution in [2.75, 3.05) is 0 Å². The van der Waals surface area contributed by atoms with E-state index in [1.807, 2.05) is 24.3 Å². The van der Waals surface area contributed by atoms with E-state index in [1.54, 1.807) is 0 Å². The average Bonchev–Trinajstić information content (AvgIpc) is 2.62. The number of benzene rings is 1. The molecule has 1 N–H and O–H groups in total. The molecule has 0 saturated carbocycles. The van der Waals surface area contributed by atoms with Gasteiger partial charge >= 0.3 is 0 Å². The first-order valence-electron chi connectivity index (χ1n) is 3.63. The summed E-state index contributed by atoms with van der Waals surface area (Å²) in [4.78, 5) is 4.24. The van der Waals surface area contributed by atoms with Gasteiger partial charge in [0.05, 0.1) is 5.52 Å². The molecule has 1 aromatic carbocycles. The number of aromatic nitrogens is 3. The van der Waals surface area contributed by atoms with E-state index in [2.05, 4.69) is 15.4 Å². The standard InChI is InChI=1S/C8H5N3O/c1-2-4-6-5(3-1)7-8(9-6)10-11-12-7/h1-4,11H. The van der Waals surface area contributed by atoms with Crippen molar-refractivity contribution in [1.29, 1.82) is 0 Å². The van der Waals surface area contributed by atoms with Crippen LogP contribution in [0.15, 0.2) is 28.8 Å². The first-order valence-corrected chi connectivity index (χ1v) is 3.63. The van der Waals surface area contributed by atoms with Crippen LogP contribution in [0.3, 0.4) is 0 Å². The van der Waals surface area contributed by atoms with Gasteiger partial charge in [0.25, 0.3) is 0 Å². The van der Waals surface area contributed by atoms with Crippen molar-refractivity contribution in [2.24, 2.45) is 0 Å². The van der Waals surface area contributed by atoms with Gasteiger partial charge in [-0.15, -0.1) is 10.4 Å². The molecule has 0 amide bonds. The zero-order valence-electron chi connectivity index (χ0n) is 6.11. The van der Waals surface area contributed by atoms with Gasteiger partial charge in [0.2, 0.25) is 11.6 Å². The van der Waals surface area contributed by atoms with Crippen LogP contribution in [0.1, 0.15) is 0 Å². The Bertz CT molecular complexity index is 496. The molecule has 0 atom stereocenters. The summed E-state index contributed by atoms with van der Waals surface area (Å²) in [6, 6.07) is 7.79. The van der Waals surface area contributed by atoms with Crippen LogP contribution in [-0.2, 0) is 0 Å². The third-order valence-electron chi connectivity index (χ3n) is 1.88. The fourth-order valence-corrected chi connectivity index (χ4v) is 1.34. The van der Waals surface area contributed by atoms with Crippen LogP contribution >= 0.6 is 0 Å². The minimum atomic E-state index is 0.635. The number of hydrogen-bond acceptors (Lipinski definition) is 3. The van der Waals surface area contributed by atoms with Crippen molar-refractivity contribution < 1.29 is 4.52 Å². The molecular formula is C8H5N3O. The quantitative estimate of drug-likeness (QED) is 0.542. The Morgan fingerprint density at radius 2 is 2.17 bits per heavy atom. The van der Waals surface area contributed by atoms with Crippen molar-refractivity contribution in [2.45, 2.75) is 0 Å². The Hall–Kier alpha value is -1.84. The van der Waals surface area contributed by atoms with E-state index in [1.165, 1.54) is 0 Å². The molecule has 0 unspecified atom stereocenters. The van der Waals surface area contributed by atoms with Crippen LogP contribution in [0, 0.1) is 0 Å². The Morgan fingerprint density at radius 3 is 3.17 bits per heavy atom. The number of nitrogens with one attached hydrogen (secondary N) is 1. The summed E-state index contributed by atoms with van der Waals surface area (Å²) in [7, 11) is 0. The fraction of sp³-hybridized carbons (Fsp3) is 0. The molecule has 0 aliphatic carbocycles. The van der Waals surface area contributed by atoms with Gasteiger partial charge in [-0.25, -0.2) is 4.98 Å². The number of aromatic amines is 1. The monoisotopic (exact) mass is 159 g/mol. The van der Waals surface area contributed by atoms with Crippen molar-refractivity contribution in [3.05, 3.63) is 24.3 Å². The second-order valence-electron chi connectivity index (χ2n) is 2.59. The number of para-hydroxylation sites is 1. The van der Waals surface area contributed by atoms with Gasteiger partial charge in [0.1, 0.15) is 0 Å². The maximum absolute atomic E-state index is 5.07. The number of H-pyrrole nitrogens is 1. The SMILES string of the molecule is c1ccc2c3o[nH]nc-3nc2c1. The lowest BCUT2D eigenvalue weighted by molar-refractivity contribution is 0.409. The third kappa shape index (κ3) is 0.567. The van der Waals surface area contributed by atoms with E-state index in [9.17, 15) is 0 Å². The molecule has 0 radical (unpaired) electrons. The summed E-state index contributed by atoms with van der Waals surface area (Å²) in [5.74, 6) is 1.36. The predicted molar refractivity (Wildman–Crippen MR) is 42.8 cm³/mol. The maximum Gasteiger partial charge on any atom is 0.222 e. The molecule has 2 heterocycles. The Kier molecular flexibility index (Phi) is 0.889. The van der Waals surface area contributed by atoms with Gasteiger partial charge in [-0.3, -0.25) is 0 Å². The Labute approximate surface area is 67.5 Å². The van der Waals surface area contributed by atoms with E-state index in [0.29, 0.717) is 5.82 Å². The summed E-state index contributed by atoms with van der Waals surface area (Å²) in [6.45, 7) is 0. The van der Waals surface area contributed by atoms with Crippen molar-refractivity contribution >= 4 is 10.9 Å². The predicted octanol–water partition coefficient (Wildman–Crippen LogP) is 1.66. The molecule has 0 saturated heterocycles. The first kappa shape index (κ1) is 5.77. The number of rotatable bonds is 0. The van der Waals surface area contributed by atoms with Crippen molar-refractivity contribution in [1.82, 2.24) is 15.4 Å². The third-order valence-corrected chi connectivity index (χ3v) is 1.88. The maximum atomic E-state index is 5.07. The topological polar surface area (TPSA) is 54.7 Å². The largest absolute Gasteiger partial charge is 0.360 e. The minimum Gasteiger partial charge on any atom is -0.360 e. The first-order chi connectivity index (χ1) is 5.95. The Morgan fingerprint density at radius 1 is 1.25 bits per heavy atom. The lowest BCUT2D eigenvalue weighted by Crippen LogP contribution is -1.70. The van der Waals surface area contributed by atoms with Gasteiger partial charge in [0.15, 0.2) is 0 Å². The average molecular weight is 159 g/mol.